The molecule has 0 aliphatic heterocycles. The van der Waals surface area contributed by atoms with Gasteiger partial charge >= 0.3 is 0 Å². The molecular weight excluding hydrogens is 220 g/mol. The van der Waals surface area contributed by atoms with Gasteiger partial charge < -0.3 is 5.32 Å². The fourth-order valence-electron chi connectivity index (χ4n) is 2.21. The van der Waals surface area contributed by atoms with Crippen molar-refractivity contribution in [3.8, 4) is 0 Å². The highest BCUT2D eigenvalue weighted by Crippen LogP contribution is 2.20. The number of hydrogen-bond acceptors (Lipinski definition) is 1. The first kappa shape index (κ1) is 14.1. The summed E-state index contributed by atoms with van der Waals surface area (Å²) in [6.45, 7) is 5.11. The summed E-state index contributed by atoms with van der Waals surface area (Å²) in [6, 6.07) is 4.40. The van der Waals surface area contributed by atoms with E-state index in [1.54, 1.807) is 12.1 Å². The molecule has 3 heteroatoms. The van der Waals surface area contributed by atoms with E-state index >= 15 is 0 Å². The Morgan fingerprint density at radius 2 is 1.94 bits per heavy atom. The molecule has 0 bridgehead atoms. The van der Waals surface area contributed by atoms with Crippen molar-refractivity contribution in [3.05, 3.63) is 35.4 Å². The highest BCUT2D eigenvalue weighted by atomic mass is 19.2. The van der Waals surface area contributed by atoms with E-state index < -0.39 is 11.6 Å². The minimum absolute atomic E-state index is 0.344. The summed E-state index contributed by atoms with van der Waals surface area (Å²) in [7, 11) is 1.88. The SMILES string of the molecule is CNCC(Cc1cccc(F)c1F)CC(C)C. The normalized spacial score (nSPS) is 13.1. The molecule has 0 radical (unpaired) electrons. The Morgan fingerprint density at radius 1 is 1.24 bits per heavy atom. The number of nitrogens with one attached hydrogen (secondary N) is 1. The quantitative estimate of drug-likeness (QED) is 0.805. The van der Waals surface area contributed by atoms with Gasteiger partial charge in [-0.3, -0.25) is 0 Å². The number of hydrogen-bond donors (Lipinski definition) is 1. The molecule has 1 aromatic carbocycles. The molecule has 0 aliphatic rings. The second-order valence-corrected chi connectivity index (χ2v) is 4.97. The minimum atomic E-state index is -0.754. The van der Waals surface area contributed by atoms with E-state index in [1.165, 1.54) is 0 Å². The number of rotatable bonds is 6. The van der Waals surface area contributed by atoms with Crippen LogP contribution in [-0.2, 0) is 6.42 Å². The van der Waals surface area contributed by atoms with E-state index in [9.17, 15) is 8.78 Å². The standard InChI is InChI=1S/C14H21F2N/c1-10(2)7-11(9-17-3)8-12-5-4-6-13(15)14(12)16/h4-6,10-11,17H,7-9H2,1-3H3. The first-order valence-corrected chi connectivity index (χ1v) is 6.12. The Bertz CT molecular complexity index is 350. The lowest BCUT2D eigenvalue weighted by molar-refractivity contribution is 0.387. The summed E-state index contributed by atoms with van der Waals surface area (Å²) < 4.78 is 26.6. The fraction of sp³-hybridized carbons (Fsp3) is 0.571. The topological polar surface area (TPSA) is 12.0 Å². The van der Waals surface area contributed by atoms with E-state index in [4.69, 9.17) is 0 Å². The van der Waals surface area contributed by atoms with Crippen molar-refractivity contribution in [2.24, 2.45) is 11.8 Å². The molecule has 0 saturated carbocycles. The molecule has 1 rings (SSSR count). The van der Waals surface area contributed by atoms with E-state index in [0.29, 0.717) is 23.8 Å². The second kappa shape index (κ2) is 6.70. The number of benzene rings is 1. The average molecular weight is 241 g/mol. The van der Waals surface area contributed by atoms with Gasteiger partial charge in [-0.05, 0) is 49.9 Å². The summed E-state index contributed by atoms with van der Waals surface area (Å²) in [5.74, 6) is -0.547. The van der Waals surface area contributed by atoms with Crippen LogP contribution >= 0.6 is 0 Å². The van der Waals surface area contributed by atoms with E-state index in [-0.39, 0.29) is 0 Å². The molecule has 0 aliphatic carbocycles. The highest BCUT2D eigenvalue weighted by molar-refractivity contribution is 5.19. The zero-order valence-electron chi connectivity index (χ0n) is 10.8. The van der Waals surface area contributed by atoms with Crippen LogP contribution in [0.4, 0.5) is 8.78 Å². The van der Waals surface area contributed by atoms with Crippen molar-refractivity contribution in [2.45, 2.75) is 26.7 Å². The van der Waals surface area contributed by atoms with E-state index in [2.05, 4.69) is 19.2 Å². The van der Waals surface area contributed by atoms with E-state index in [0.717, 1.165) is 19.0 Å². The van der Waals surface area contributed by atoms with Gasteiger partial charge in [0.1, 0.15) is 0 Å². The molecule has 0 heterocycles. The smallest absolute Gasteiger partial charge is 0.162 e. The Balaban J connectivity index is 2.74. The number of halogens is 2. The lowest BCUT2D eigenvalue weighted by Gasteiger charge is -2.19. The molecule has 1 nitrogen and oxygen atoms in total. The largest absolute Gasteiger partial charge is 0.319 e. The van der Waals surface area contributed by atoms with Gasteiger partial charge in [0, 0.05) is 0 Å². The van der Waals surface area contributed by atoms with Crippen LogP contribution in [0.5, 0.6) is 0 Å². The molecular formula is C14H21F2N. The molecule has 17 heavy (non-hydrogen) atoms. The Kier molecular flexibility index (Phi) is 5.56. The van der Waals surface area contributed by atoms with Crippen molar-refractivity contribution in [1.82, 2.24) is 5.32 Å². The van der Waals surface area contributed by atoms with Crippen LogP contribution < -0.4 is 5.32 Å². The Hall–Kier alpha value is -0.960. The summed E-state index contributed by atoms with van der Waals surface area (Å²) in [5, 5.41) is 3.11. The first-order chi connectivity index (χ1) is 8.04. The molecule has 1 aromatic rings. The van der Waals surface area contributed by atoms with Gasteiger partial charge in [0.25, 0.3) is 0 Å². The van der Waals surface area contributed by atoms with Gasteiger partial charge in [-0.1, -0.05) is 26.0 Å². The fourth-order valence-corrected chi connectivity index (χ4v) is 2.21. The molecule has 96 valence electrons. The van der Waals surface area contributed by atoms with Gasteiger partial charge in [-0.25, -0.2) is 8.78 Å². The zero-order valence-corrected chi connectivity index (χ0v) is 10.8. The maximum Gasteiger partial charge on any atom is 0.162 e. The molecule has 1 unspecified atom stereocenters. The maximum absolute atomic E-state index is 13.5. The van der Waals surface area contributed by atoms with Gasteiger partial charge in [-0.15, -0.1) is 0 Å². The summed E-state index contributed by atoms with van der Waals surface area (Å²) in [4.78, 5) is 0. The summed E-state index contributed by atoms with van der Waals surface area (Å²) in [5.41, 5.74) is 0.478. The predicted molar refractivity (Wildman–Crippen MR) is 66.9 cm³/mol. The monoisotopic (exact) mass is 241 g/mol. The maximum atomic E-state index is 13.5. The molecule has 0 fully saturated rings. The second-order valence-electron chi connectivity index (χ2n) is 4.97. The van der Waals surface area contributed by atoms with Crippen LogP contribution in [0.2, 0.25) is 0 Å². The lowest BCUT2D eigenvalue weighted by Crippen LogP contribution is -2.22. The van der Waals surface area contributed by atoms with Gasteiger partial charge in [-0.2, -0.15) is 0 Å². The van der Waals surface area contributed by atoms with Crippen LogP contribution in [0, 0.1) is 23.5 Å². The molecule has 0 amide bonds. The predicted octanol–water partition coefficient (Wildman–Crippen LogP) is 3.39. The first-order valence-electron chi connectivity index (χ1n) is 6.12. The van der Waals surface area contributed by atoms with Gasteiger partial charge in [0.15, 0.2) is 11.6 Å². The van der Waals surface area contributed by atoms with Crippen LogP contribution in [-0.4, -0.2) is 13.6 Å². The summed E-state index contributed by atoms with van der Waals surface area (Å²) in [6.07, 6.45) is 1.60. The molecule has 0 spiro atoms. The minimum Gasteiger partial charge on any atom is -0.319 e. The third-order valence-electron chi connectivity index (χ3n) is 2.84. The van der Waals surface area contributed by atoms with Gasteiger partial charge in [0.05, 0.1) is 0 Å². The van der Waals surface area contributed by atoms with Crippen molar-refractivity contribution in [1.29, 1.82) is 0 Å². The van der Waals surface area contributed by atoms with E-state index in [1.807, 2.05) is 7.05 Å². The molecule has 0 saturated heterocycles. The van der Waals surface area contributed by atoms with Crippen molar-refractivity contribution < 1.29 is 8.78 Å². The van der Waals surface area contributed by atoms with Crippen LogP contribution in [0.3, 0.4) is 0 Å². The third-order valence-corrected chi connectivity index (χ3v) is 2.84. The van der Waals surface area contributed by atoms with Crippen LogP contribution in [0.15, 0.2) is 18.2 Å². The van der Waals surface area contributed by atoms with Crippen molar-refractivity contribution in [3.63, 3.8) is 0 Å². The molecule has 1 atom stereocenters. The molecule has 1 N–H and O–H groups in total. The highest BCUT2D eigenvalue weighted by Gasteiger charge is 2.15. The van der Waals surface area contributed by atoms with Gasteiger partial charge in [0.2, 0.25) is 0 Å². The Labute approximate surface area is 102 Å². The van der Waals surface area contributed by atoms with Crippen molar-refractivity contribution >= 4 is 0 Å². The Morgan fingerprint density at radius 3 is 2.53 bits per heavy atom. The summed E-state index contributed by atoms with van der Waals surface area (Å²) >= 11 is 0. The lowest BCUT2D eigenvalue weighted by atomic mass is 9.90. The molecule has 0 aromatic heterocycles. The third kappa shape index (κ3) is 4.43. The average Bonchev–Trinajstić information content (AvgIpc) is 2.24. The van der Waals surface area contributed by atoms with Crippen LogP contribution in [0.25, 0.3) is 0 Å². The van der Waals surface area contributed by atoms with Crippen LogP contribution in [0.1, 0.15) is 25.8 Å². The zero-order chi connectivity index (χ0) is 12.8. The van der Waals surface area contributed by atoms with Crippen molar-refractivity contribution in [2.75, 3.05) is 13.6 Å².